The van der Waals surface area contributed by atoms with Crippen LogP contribution in [-0.4, -0.2) is 39.1 Å². The molecule has 2 heterocycles. The topological polar surface area (TPSA) is 129 Å². The number of hydrogen-bond acceptors (Lipinski definition) is 9. The maximum absolute atomic E-state index is 12.2. The number of ether oxygens (including phenoxy) is 1. The maximum atomic E-state index is 12.2. The number of hydrogen-bond donors (Lipinski definition) is 2. The summed E-state index contributed by atoms with van der Waals surface area (Å²) in [5.74, 6) is 4.64. The first-order valence-electron chi connectivity index (χ1n) is 7.24. The summed E-state index contributed by atoms with van der Waals surface area (Å²) in [5, 5.41) is 10.5. The third kappa shape index (κ3) is 4.37. The van der Waals surface area contributed by atoms with Gasteiger partial charge in [0.2, 0.25) is 11.1 Å². The minimum atomic E-state index is -0.521. The minimum Gasteiger partial charge on any atom is -0.462 e. The highest BCUT2D eigenvalue weighted by molar-refractivity contribution is 7.99. The van der Waals surface area contributed by atoms with Crippen molar-refractivity contribution in [1.29, 1.82) is 0 Å². The van der Waals surface area contributed by atoms with E-state index in [1.54, 1.807) is 13.8 Å². The highest BCUT2D eigenvalue weighted by Gasteiger charge is 2.22. The van der Waals surface area contributed by atoms with Gasteiger partial charge < -0.3 is 15.9 Å². The Hall–Kier alpha value is -2.40. The Labute approximate surface area is 151 Å². The Morgan fingerprint density at radius 1 is 1.44 bits per heavy atom. The van der Waals surface area contributed by atoms with Crippen molar-refractivity contribution in [1.82, 2.24) is 14.9 Å². The van der Waals surface area contributed by atoms with Gasteiger partial charge in [-0.2, -0.15) is 9.77 Å². The minimum absolute atomic E-state index is 0.0480. The summed E-state index contributed by atoms with van der Waals surface area (Å²) in [6.07, 6.45) is 0.979. The molecule has 0 saturated carbocycles. The van der Waals surface area contributed by atoms with Gasteiger partial charge in [0.15, 0.2) is 0 Å². The molecule has 0 aliphatic rings. The molecule has 3 N–H and O–H groups in total. The number of nitrogens with zero attached hydrogens (tertiary/aromatic N) is 3. The van der Waals surface area contributed by atoms with Crippen LogP contribution in [0.1, 0.15) is 27.7 Å². The number of thioether (sulfide) groups is 1. The number of nitrogens with two attached hydrogens (primary N) is 1. The van der Waals surface area contributed by atoms with Gasteiger partial charge in [0.05, 0.1) is 17.9 Å². The molecule has 1 amide bonds. The lowest BCUT2D eigenvalue weighted by molar-refractivity contribution is -0.113. The fourth-order valence-corrected chi connectivity index (χ4v) is 3.62. The lowest BCUT2D eigenvalue weighted by Gasteiger charge is -2.07. The van der Waals surface area contributed by atoms with Gasteiger partial charge in [0.1, 0.15) is 11.2 Å². The van der Waals surface area contributed by atoms with Crippen molar-refractivity contribution in [2.75, 3.05) is 23.5 Å². The van der Waals surface area contributed by atoms with E-state index in [0.29, 0.717) is 10.6 Å². The van der Waals surface area contributed by atoms with E-state index in [2.05, 4.69) is 15.5 Å². The molecular formula is C14H17N5O4S2. The second-order valence-corrected chi connectivity index (χ2v) is 7.05. The number of amides is 1. The number of esters is 1. The molecule has 25 heavy (non-hydrogen) atoms. The average Bonchev–Trinajstić information content (AvgIpc) is 2.83. The van der Waals surface area contributed by atoms with Crippen LogP contribution in [-0.2, 0) is 9.53 Å². The van der Waals surface area contributed by atoms with E-state index in [4.69, 9.17) is 10.6 Å². The average molecular weight is 383 g/mol. The lowest BCUT2D eigenvalue weighted by atomic mass is 10.1. The molecule has 0 fully saturated rings. The first-order valence-corrected chi connectivity index (χ1v) is 9.04. The van der Waals surface area contributed by atoms with Gasteiger partial charge in [0.25, 0.3) is 5.56 Å². The Morgan fingerprint density at radius 2 is 2.16 bits per heavy atom. The highest BCUT2D eigenvalue weighted by atomic mass is 32.2. The van der Waals surface area contributed by atoms with Crippen molar-refractivity contribution >= 4 is 40.0 Å². The number of rotatable bonds is 6. The molecule has 134 valence electrons. The summed E-state index contributed by atoms with van der Waals surface area (Å²) >= 11 is 2.27. The molecule has 0 aliphatic heterocycles. The number of nitrogens with one attached hydrogen (secondary N) is 1. The summed E-state index contributed by atoms with van der Waals surface area (Å²) in [6, 6.07) is 0. The predicted molar refractivity (Wildman–Crippen MR) is 95.5 cm³/mol. The fraction of sp³-hybridized carbons (Fsp3) is 0.357. The molecule has 0 radical (unpaired) electrons. The van der Waals surface area contributed by atoms with E-state index in [1.165, 1.54) is 11.3 Å². The number of carbonyl (C=O) groups excluding carboxylic acids is 2. The van der Waals surface area contributed by atoms with Crippen LogP contribution in [0.25, 0.3) is 0 Å². The highest BCUT2D eigenvalue weighted by Crippen LogP contribution is 2.33. The molecule has 9 nitrogen and oxygen atoms in total. The molecule has 0 saturated heterocycles. The van der Waals surface area contributed by atoms with Gasteiger partial charge in [-0.05, 0) is 26.3 Å². The van der Waals surface area contributed by atoms with E-state index >= 15 is 0 Å². The Balaban J connectivity index is 2.10. The van der Waals surface area contributed by atoms with Gasteiger partial charge in [-0.15, -0.1) is 16.4 Å². The number of anilines is 1. The zero-order valence-corrected chi connectivity index (χ0v) is 15.5. The van der Waals surface area contributed by atoms with Crippen molar-refractivity contribution in [2.24, 2.45) is 0 Å². The second kappa shape index (κ2) is 8.12. The molecule has 0 aliphatic carbocycles. The van der Waals surface area contributed by atoms with Crippen molar-refractivity contribution in [3.05, 3.63) is 32.6 Å². The molecule has 0 spiro atoms. The van der Waals surface area contributed by atoms with E-state index < -0.39 is 11.5 Å². The van der Waals surface area contributed by atoms with Gasteiger partial charge in [-0.1, -0.05) is 11.8 Å². The van der Waals surface area contributed by atoms with E-state index in [1.807, 2.05) is 6.92 Å². The van der Waals surface area contributed by atoms with Crippen LogP contribution in [0.2, 0.25) is 0 Å². The van der Waals surface area contributed by atoms with Crippen LogP contribution in [0.4, 0.5) is 5.00 Å². The van der Waals surface area contributed by atoms with Crippen LogP contribution in [0, 0.1) is 13.8 Å². The molecule has 0 unspecified atom stereocenters. The Morgan fingerprint density at radius 3 is 2.84 bits per heavy atom. The van der Waals surface area contributed by atoms with Gasteiger partial charge >= 0.3 is 5.97 Å². The van der Waals surface area contributed by atoms with E-state index in [9.17, 15) is 14.4 Å². The summed E-state index contributed by atoms with van der Waals surface area (Å²) in [7, 11) is 0. The number of aromatic nitrogens is 3. The molecule has 0 bridgehead atoms. The molecule has 0 atom stereocenters. The lowest BCUT2D eigenvalue weighted by Crippen LogP contribution is -2.30. The SMILES string of the molecule is CCOC(=O)c1c(NC(=O)CSc2nncc(=O)n2N)sc(C)c1C. The normalized spacial score (nSPS) is 10.5. The monoisotopic (exact) mass is 383 g/mol. The van der Waals surface area contributed by atoms with Gasteiger partial charge in [-0.25, -0.2) is 4.79 Å². The van der Waals surface area contributed by atoms with Crippen LogP contribution < -0.4 is 16.7 Å². The maximum Gasteiger partial charge on any atom is 0.341 e. The van der Waals surface area contributed by atoms with E-state index in [-0.39, 0.29) is 23.4 Å². The third-order valence-electron chi connectivity index (χ3n) is 3.21. The summed E-state index contributed by atoms with van der Waals surface area (Å²) in [4.78, 5) is 36.6. The number of thiophene rings is 1. The van der Waals surface area contributed by atoms with Crippen molar-refractivity contribution in [3.8, 4) is 0 Å². The summed E-state index contributed by atoms with van der Waals surface area (Å²) in [5.41, 5.74) is 0.612. The third-order valence-corrected chi connectivity index (χ3v) is 5.27. The molecule has 2 rings (SSSR count). The molecule has 0 aromatic carbocycles. The van der Waals surface area contributed by atoms with Crippen LogP contribution in [0.5, 0.6) is 0 Å². The van der Waals surface area contributed by atoms with Gasteiger partial charge in [0, 0.05) is 4.88 Å². The second-order valence-electron chi connectivity index (χ2n) is 4.88. The first kappa shape index (κ1) is 18.9. The smallest absolute Gasteiger partial charge is 0.341 e. The van der Waals surface area contributed by atoms with Crippen molar-refractivity contribution in [3.63, 3.8) is 0 Å². The first-order chi connectivity index (χ1) is 11.8. The van der Waals surface area contributed by atoms with Crippen molar-refractivity contribution in [2.45, 2.75) is 25.9 Å². The van der Waals surface area contributed by atoms with Crippen LogP contribution in [0.15, 0.2) is 16.1 Å². The number of nitrogen functional groups attached to an aromatic ring is 1. The van der Waals surface area contributed by atoms with Crippen molar-refractivity contribution < 1.29 is 14.3 Å². The largest absolute Gasteiger partial charge is 0.462 e. The number of aryl methyl sites for hydroxylation is 1. The van der Waals surface area contributed by atoms with E-state index in [0.717, 1.165) is 33.1 Å². The van der Waals surface area contributed by atoms with Crippen LogP contribution >= 0.6 is 23.1 Å². The molecule has 2 aromatic heterocycles. The van der Waals surface area contributed by atoms with Crippen LogP contribution in [0.3, 0.4) is 0 Å². The predicted octanol–water partition coefficient (Wildman–Crippen LogP) is 0.938. The molecular weight excluding hydrogens is 366 g/mol. The summed E-state index contributed by atoms with van der Waals surface area (Å²) in [6.45, 7) is 5.63. The Kier molecular flexibility index (Phi) is 6.15. The Bertz CT molecular complexity index is 861. The number of carbonyl (C=O) groups is 2. The standard InChI is InChI=1S/C14H17N5O4S2/c1-4-23-13(22)11-7(2)8(3)25-12(11)17-9(20)6-24-14-18-16-5-10(21)19(14)15/h5H,4,6,15H2,1-3H3,(H,17,20). The zero-order valence-electron chi connectivity index (χ0n) is 13.9. The molecule has 11 heteroatoms. The zero-order chi connectivity index (χ0) is 18.6. The molecule has 2 aromatic rings. The fourth-order valence-electron chi connectivity index (χ4n) is 1.89. The quantitative estimate of drug-likeness (QED) is 0.428. The summed E-state index contributed by atoms with van der Waals surface area (Å²) < 4.78 is 5.85. The van der Waals surface area contributed by atoms with Gasteiger partial charge in [-0.3, -0.25) is 9.59 Å².